The largest absolute Gasteiger partial charge is 0.453 e. The van der Waals surface area contributed by atoms with Gasteiger partial charge in [0.25, 0.3) is 0 Å². The zero-order chi connectivity index (χ0) is 12.1. The van der Waals surface area contributed by atoms with Gasteiger partial charge in [-0.2, -0.15) is 0 Å². The van der Waals surface area contributed by atoms with Crippen LogP contribution in [0, 0.1) is 5.92 Å². The highest BCUT2D eigenvalue weighted by molar-refractivity contribution is 5.96. The van der Waals surface area contributed by atoms with Gasteiger partial charge in [-0.15, -0.1) is 0 Å². The molecule has 0 aliphatic heterocycles. The molecule has 90 valence electrons. The van der Waals surface area contributed by atoms with E-state index in [2.05, 4.69) is 16.6 Å². The number of hydrogen-bond acceptors (Lipinski definition) is 3. The Hall–Kier alpha value is -1.32. The molecule has 0 spiro atoms. The van der Waals surface area contributed by atoms with E-state index in [1.807, 2.05) is 0 Å². The molecule has 1 amide bonds. The molecule has 0 heterocycles. The molecular formula is C12H19NO3. The van der Waals surface area contributed by atoms with Crippen molar-refractivity contribution in [1.82, 2.24) is 5.32 Å². The lowest BCUT2D eigenvalue weighted by Gasteiger charge is -2.30. The summed E-state index contributed by atoms with van der Waals surface area (Å²) < 4.78 is 4.56. The number of carbonyl (C=O) groups is 2. The van der Waals surface area contributed by atoms with E-state index < -0.39 is 6.09 Å². The van der Waals surface area contributed by atoms with E-state index in [1.54, 1.807) is 6.92 Å². The number of ether oxygens (including phenoxy) is 1. The second kappa shape index (κ2) is 5.68. The fourth-order valence-corrected chi connectivity index (χ4v) is 2.14. The maximum Gasteiger partial charge on any atom is 0.407 e. The van der Waals surface area contributed by atoms with Crippen LogP contribution < -0.4 is 5.32 Å². The lowest BCUT2D eigenvalue weighted by atomic mass is 9.80. The van der Waals surface area contributed by atoms with Crippen LogP contribution in [0.4, 0.5) is 4.79 Å². The van der Waals surface area contributed by atoms with Crippen molar-refractivity contribution in [1.29, 1.82) is 0 Å². The zero-order valence-corrected chi connectivity index (χ0v) is 9.91. The van der Waals surface area contributed by atoms with Crippen LogP contribution in [0.2, 0.25) is 0 Å². The third-order valence-corrected chi connectivity index (χ3v) is 3.01. The molecule has 4 nitrogen and oxygen atoms in total. The first-order chi connectivity index (χ1) is 7.56. The van der Waals surface area contributed by atoms with Gasteiger partial charge in [0.05, 0.1) is 7.11 Å². The average molecular weight is 225 g/mol. The van der Waals surface area contributed by atoms with Crippen LogP contribution in [0.1, 0.15) is 32.6 Å². The fraction of sp³-hybridized carbons (Fsp3) is 0.667. The Balaban J connectivity index is 2.67. The SMILES string of the molecule is C=C(C)C(=O)[C@@H]1CCCC[C@H]1NC(=O)OC. The molecule has 16 heavy (non-hydrogen) atoms. The molecule has 0 bridgehead atoms. The predicted octanol–water partition coefficient (Wildman–Crippen LogP) is 2.05. The summed E-state index contributed by atoms with van der Waals surface area (Å²) >= 11 is 0. The molecule has 1 N–H and O–H groups in total. The van der Waals surface area contributed by atoms with Gasteiger partial charge in [0.1, 0.15) is 0 Å². The first kappa shape index (κ1) is 12.7. The number of allylic oxidation sites excluding steroid dienone is 1. The quantitative estimate of drug-likeness (QED) is 0.748. The number of rotatable bonds is 3. The lowest BCUT2D eigenvalue weighted by molar-refractivity contribution is -0.120. The lowest BCUT2D eigenvalue weighted by Crippen LogP contribution is -2.45. The van der Waals surface area contributed by atoms with Gasteiger partial charge in [-0.3, -0.25) is 4.79 Å². The van der Waals surface area contributed by atoms with E-state index in [4.69, 9.17) is 0 Å². The Morgan fingerprint density at radius 1 is 1.31 bits per heavy atom. The molecule has 1 fully saturated rings. The summed E-state index contributed by atoms with van der Waals surface area (Å²) in [5, 5.41) is 2.73. The van der Waals surface area contributed by atoms with Gasteiger partial charge in [0.2, 0.25) is 0 Å². The summed E-state index contributed by atoms with van der Waals surface area (Å²) in [5.74, 6) is -0.0774. The van der Waals surface area contributed by atoms with Crippen LogP contribution in [-0.2, 0) is 9.53 Å². The maximum absolute atomic E-state index is 11.9. The minimum atomic E-state index is -0.466. The standard InChI is InChI=1S/C12H19NO3/c1-8(2)11(14)9-6-4-5-7-10(9)13-12(15)16-3/h9-10H,1,4-7H2,2-3H3,(H,13,15)/t9-,10-/m1/s1. The monoisotopic (exact) mass is 225 g/mol. The van der Waals surface area contributed by atoms with Crippen molar-refractivity contribution in [2.75, 3.05) is 7.11 Å². The Kier molecular flexibility index (Phi) is 4.52. The molecule has 1 saturated carbocycles. The molecule has 0 aromatic carbocycles. The molecule has 1 aliphatic carbocycles. The summed E-state index contributed by atoms with van der Waals surface area (Å²) in [6, 6.07) is -0.106. The Morgan fingerprint density at radius 3 is 2.50 bits per heavy atom. The summed E-state index contributed by atoms with van der Waals surface area (Å²) in [6.45, 7) is 5.38. The van der Waals surface area contributed by atoms with Crippen molar-refractivity contribution in [3.05, 3.63) is 12.2 Å². The first-order valence-electron chi connectivity index (χ1n) is 5.60. The van der Waals surface area contributed by atoms with Crippen LogP contribution in [-0.4, -0.2) is 25.0 Å². The van der Waals surface area contributed by atoms with Crippen molar-refractivity contribution in [3.8, 4) is 0 Å². The van der Waals surface area contributed by atoms with E-state index >= 15 is 0 Å². The molecule has 1 aliphatic rings. The summed E-state index contributed by atoms with van der Waals surface area (Å²) in [4.78, 5) is 23.0. The highest BCUT2D eigenvalue weighted by Crippen LogP contribution is 2.27. The van der Waals surface area contributed by atoms with Gasteiger partial charge >= 0.3 is 6.09 Å². The van der Waals surface area contributed by atoms with Gasteiger partial charge < -0.3 is 10.1 Å². The van der Waals surface area contributed by atoms with Crippen molar-refractivity contribution in [2.45, 2.75) is 38.6 Å². The highest BCUT2D eigenvalue weighted by atomic mass is 16.5. The van der Waals surface area contributed by atoms with Crippen molar-refractivity contribution >= 4 is 11.9 Å². The molecule has 0 radical (unpaired) electrons. The third kappa shape index (κ3) is 3.08. The number of nitrogens with one attached hydrogen (secondary N) is 1. The number of hydrogen-bond donors (Lipinski definition) is 1. The van der Waals surface area contributed by atoms with Gasteiger partial charge in [0, 0.05) is 12.0 Å². The highest BCUT2D eigenvalue weighted by Gasteiger charge is 2.32. The third-order valence-electron chi connectivity index (χ3n) is 3.01. The number of ketones is 1. The summed E-state index contributed by atoms with van der Waals surface area (Å²) in [6.07, 6.45) is 3.25. The second-order valence-electron chi connectivity index (χ2n) is 4.28. The minimum absolute atomic E-state index is 0.0566. The predicted molar refractivity (Wildman–Crippen MR) is 61.1 cm³/mol. The van der Waals surface area contributed by atoms with Crippen LogP contribution in [0.5, 0.6) is 0 Å². The molecule has 4 heteroatoms. The molecule has 0 unspecified atom stereocenters. The van der Waals surface area contributed by atoms with Crippen LogP contribution >= 0.6 is 0 Å². The van der Waals surface area contributed by atoms with Crippen molar-refractivity contribution < 1.29 is 14.3 Å². The number of carbonyl (C=O) groups excluding carboxylic acids is 2. The summed E-state index contributed by atoms with van der Waals surface area (Å²) in [5.41, 5.74) is 0.559. The van der Waals surface area contributed by atoms with Gasteiger partial charge in [-0.05, 0) is 25.3 Å². The molecule has 0 saturated heterocycles. The van der Waals surface area contributed by atoms with Gasteiger partial charge in [-0.1, -0.05) is 19.4 Å². The number of amides is 1. The molecule has 0 aromatic rings. The number of alkyl carbamates (subject to hydrolysis) is 1. The zero-order valence-electron chi connectivity index (χ0n) is 9.91. The van der Waals surface area contributed by atoms with Crippen LogP contribution in [0.3, 0.4) is 0 Å². The molecule has 1 rings (SSSR count). The van der Waals surface area contributed by atoms with E-state index in [9.17, 15) is 9.59 Å². The van der Waals surface area contributed by atoms with Crippen LogP contribution in [0.15, 0.2) is 12.2 Å². The molecular weight excluding hydrogens is 206 g/mol. The van der Waals surface area contributed by atoms with Crippen molar-refractivity contribution in [2.24, 2.45) is 5.92 Å². The van der Waals surface area contributed by atoms with E-state index in [1.165, 1.54) is 7.11 Å². The van der Waals surface area contributed by atoms with E-state index in [0.717, 1.165) is 25.7 Å². The first-order valence-corrected chi connectivity index (χ1v) is 5.60. The van der Waals surface area contributed by atoms with Gasteiger partial charge in [0.15, 0.2) is 5.78 Å². The number of methoxy groups -OCH3 is 1. The Labute approximate surface area is 96.0 Å². The Morgan fingerprint density at radius 2 is 1.94 bits per heavy atom. The fourth-order valence-electron chi connectivity index (χ4n) is 2.14. The van der Waals surface area contributed by atoms with E-state index in [0.29, 0.717) is 5.57 Å². The normalized spacial score (nSPS) is 24.6. The number of Topliss-reactive ketones (excluding diaryl/α,β-unsaturated/α-hetero) is 1. The maximum atomic E-state index is 11.9. The smallest absolute Gasteiger partial charge is 0.407 e. The van der Waals surface area contributed by atoms with Crippen LogP contribution in [0.25, 0.3) is 0 Å². The molecule has 2 atom stereocenters. The van der Waals surface area contributed by atoms with Gasteiger partial charge in [-0.25, -0.2) is 4.79 Å². The van der Waals surface area contributed by atoms with E-state index in [-0.39, 0.29) is 17.7 Å². The second-order valence-corrected chi connectivity index (χ2v) is 4.28. The minimum Gasteiger partial charge on any atom is -0.453 e. The topological polar surface area (TPSA) is 55.4 Å². The summed E-state index contributed by atoms with van der Waals surface area (Å²) in [7, 11) is 1.33. The molecule has 0 aromatic heterocycles. The Bertz CT molecular complexity index is 299. The van der Waals surface area contributed by atoms with Crippen molar-refractivity contribution in [3.63, 3.8) is 0 Å². The average Bonchev–Trinajstić information content (AvgIpc) is 2.28.